The van der Waals surface area contributed by atoms with Gasteiger partial charge in [-0.05, 0) is 44.1 Å². The van der Waals surface area contributed by atoms with Gasteiger partial charge in [0.15, 0.2) is 0 Å². The van der Waals surface area contributed by atoms with Crippen molar-refractivity contribution in [3.8, 4) is 0 Å². The first kappa shape index (κ1) is 13.9. The number of carbonyl (C=O) groups excluding carboxylic acids is 1. The van der Waals surface area contributed by atoms with Crippen LogP contribution in [0.4, 0.5) is 0 Å². The van der Waals surface area contributed by atoms with Gasteiger partial charge in [-0.3, -0.25) is 4.79 Å². The van der Waals surface area contributed by atoms with E-state index in [2.05, 4.69) is 31.0 Å². The Balaban J connectivity index is 2.00. The van der Waals surface area contributed by atoms with Crippen molar-refractivity contribution >= 4 is 5.91 Å². The average molecular weight is 252 g/mol. The molecule has 18 heavy (non-hydrogen) atoms. The molecule has 0 aromatic carbocycles. The van der Waals surface area contributed by atoms with Crippen molar-refractivity contribution in [2.75, 3.05) is 13.1 Å². The van der Waals surface area contributed by atoms with E-state index in [1.807, 2.05) is 0 Å². The van der Waals surface area contributed by atoms with Gasteiger partial charge in [-0.2, -0.15) is 0 Å². The minimum Gasteiger partial charge on any atom is -0.338 e. The minimum absolute atomic E-state index is 0.0994. The van der Waals surface area contributed by atoms with Gasteiger partial charge in [0.05, 0.1) is 0 Å². The fourth-order valence-corrected chi connectivity index (χ4v) is 3.28. The van der Waals surface area contributed by atoms with Crippen LogP contribution in [0, 0.1) is 5.41 Å². The van der Waals surface area contributed by atoms with Crippen LogP contribution in [-0.2, 0) is 4.79 Å². The molecule has 2 heterocycles. The highest BCUT2D eigenvalue weighted by molar-refractivity contribution is 5.77. The van der Waals surface area contributed by atoms with Gasteiger partial charge in [-0.1, -0.05) is 20.8 Å². The Morgan fingerprint density at radius 1 is 1.22 bits per heavy atom. The Kier molecular flexibility index (Phi) is 4.31. The quantitative estimate of drug-likeness (QED) is 0.819. The number of hydrogen-bond acceptors (Lipinski definition) is 2. The highest BCUT2D eigenvalue weighted by atomic mass is 16.2. The molecule has 2 atom stereocenters. The molecule has 1 N–H and O–H groups in total. The summed E-state index contributed by atoms with van der Waals surface area (Å²) in [4.78, 5) is 14.7. The molecule has 2 fully saturated rings. The number of nitrogens with one attached hydrogen (secondary N) is 1. The van der Waals surface area contributed by atoms with Crippen molar-refractivity contribution in [1.29, 1.82) is 0 Å². The Morgan fingerprint density at radius 3 is 2.61 bits per heavy atom. The topological polar surface area (TPSA) is 32.3 Å². The molecule has 0 bridgehead atoms. The van der Waals surface area contributed by atoms with Crippen molar-refractivity contribution in [1.82, 2.24) is 10.2 Å². The van der Waals surface area contributed by atoms with Gasteiger partial charge in [0.25, 0.3) is 0 Å². The van der Waals surface area contributed by atoms with Crippen LogP contribution in [0.5, 0.6) is 0 Å². The molecule has 1 amide bonds. The molecule has 2 saturated heterocycles. The molecule has 2 rings (SSSR count). The molecule has 0 spiro atoms. The van der Waals surface area contributed by atoms with Gasteiger partial charge < -0.3 is 10.2 Å². The second-order valence-electron chi connectivity index (χ2n) is 7.09. The number of nitrogens with zero attached hydrogens (tertiary/aromatic N) is 1. The molecular formula is C15H28N2O. The Labute approximate surface area is 111 Å². The molecule has 2 aliphatic rings. The summed E-state index contributed by atoms with van der Waals surface area (Å²) in [6, 6.07) is 1.00. The van der Waals surface area contributed by atoms with Gasteiger partial charge in [0, 0.05) is 25.0 Å². The van der Waals surface area contributed by atoms with Crippen LogP contribution in [0.15, 0.2) is 0 Å². The first-order valence-electron chi connectivity index (χ1n) is 7.50. The second-order valence-corrected chi connectivity index (χ2v) is 7.09. The zero-order chi connectivity index (χ0) is 13.2. The molecule has 0 aliphatic carbocycles. The standard InChI is InChI=1S/C15H28N2O/c1-15(2,3)11-14(18)17-10-5-4-8-13(17)12-7-6-9-16-12/h12-13,16H,4-11H2,1-3H3. The predicted octanol–water partition coefficient (Wildman–Crippen LogP) is 2.56. The van der Waals surface area contributed by atoms with E-state index in [1.165, 1.54) is 32.1 Å². The van der Waals surface area contributed by atoms with E-state index >= 15 is 0 Å². The molecule has 104 valence electrons. The molecule has 0 aromatic heterocycles. The van der Waals surface area contributed by atoms with Crippen molar-refractivity contribution in [3.05, 3.63) is 0 Å². The highest BCUT2D eigenvalue weighted by Gasteiger charge is 2.35. The van der Waals surface area contributed by atoms with Crippen LogP contribution >= 0.6 is 0 Å². The van der Waals surface area contributed by atoms with Crippen LogP contribution < -0.4 is 5.32 Å². The van der Waals surface area contributed by atoms with Crippen molar-refractivity contribution in [2.45, 2.75) is 71.4 Å². The van der Waals surface area contributed by atoms with E-state index in [1.54, 1.807) is 0 Å². The molecule has 2 aliphatic heterocycles. The maximum atomic E-state index is 12.5. The fourth-order valence-electron chi connectivity index (χ4n) is 3.28. The largest absolute Gasteiger partial charge is 0.338 e. The van der Waals surface area contributed by atoms with E-state index in [-0.39, 0.29) is 5.41 Å². The SMILES string of the molecule is CC(C)(C)CC(=O)N1CCCCC1C1CCCN1. The molecule has 0 radical (unpaired) electrons. The van der Waals surface area contributed by atoms with Gasteiger partial charge in [0.1, 0.15) is 0 Å². The van der Waals surface area contributed by atoms with E-state index in [0.29, 0.717) is 24.4 Å². The lowest BCUT2D eigenvalue weighted by Crippen LogP contribution is -2.53. The van der Waals surface area contributed by atoms with E-state index in [4.69, 9.17) is 0 Å². The van der Waals surface area contributed by atoms with Gasteiger partial charge in [0.2, 0.25) is 5.91 Å². The van der Waals surface area contributed by atoms with Gasteiger partial charge in [-0.25, -0.2) is 0 Å². The van der Waals surface area contributed by atoms with E-state index in [0.717, 1.165) is 13.1 Å². The highest BCUT2D eigenvalue weighted by Crippen LogP contribution is 2.27. The number of carbonyl (C=O) groups is 1. The number of rotatable bonds is 2. The van der Waals surface area contributed by atoms with Crippen LogP contribution in [0.2, 0.25) is 0 Å². The molecule has 0 aromatic rings. The monoisotopic (exact) mass is 252 g/mol. The summed E-state index contributed by atoms with van der Waals surface area (Å²) in [5.74, 6) is 0.362. The van der Waals surface area contributed by atoms with Crippen LogP contribution in [0.3, 0.4) is 0 Å². The molecule has 0 saturated carbocycles. The number of piperidine rings is 1. The molecule has 2 unspecified atom stereocenters. The second kappa shape index (κ2) is 5.60. The van der Waals surface area contributed by atoms with Gasteiger partial charge >= 0.3 is 0 Å². The average Bonchev–Trinajstić information content (AvgIpc) is 2.80. The lowest BCUT2D eigenvalue weighted by molar-refractivity contribution is -0.137. The fraction of sp³-hybridized carbons (Fsp3) is 0.933. The van der Waals surface area contributed by atoms with E-state index < -0.39 is 0 Å². The Bertz CT molecular complexity index is 289. The van der Waals surface area contributed by atoms with Gasteiger partial charge in [-0.15, -0.1) is 0 Å². The maximum Gasteiger partial charge on any atom is 0.223 e. The van der Waals surface area contributed by atoms with Crippen LogP contribution in [0.1, 0.15) is 59.3 Å². The first-order valence-corrected chi connectivity index (χ1v) is 7.50. The molecule has 3 nitrogen and oxygen atoms in total. The van der Waals surface area contributed by atoms with Crippen LogP contribution in [0.25, 0.3) is 0 Å². The lowest BCUT2D eigenvalue weighted by atomic mass is 9.89. The predicted molar refractivity (Wildman–Crippen MR) is 74.4 cm³/mol. The Morgan fingerprint density at radius 2 is 2.00 bits per heavy atom. The summed E-state index contributed by atoms with van der Waals surface area (Å²) in [5, 5.41) is 3.58. The third kappa shape index (κ3) is 3.47. The summed E-state index contributed by atoms with van der Waals surface area (Å²) in [6.45, 7) is 8.55. The first-order chi connectivity index (χ1) is 8.47. The zero-order valence-electron chi connectivity index (χ0n) is 12.2. The molecular weight excluding hydrogens is 224 g/mol. The summed E-state index contributed by atoms with van der Waals surface area (Å²) < 4.78 is 0. The zero-order valence-corrected chi connectivity index (χ0v) is 12.2. The smallest absolute Gasteiger partial charge is 0.223 e. The minimum atomic E-state index is 0.0994. The number of likely N-dealkylation sites (tertiary alicyclic amines) is 1. The van der Waals surface area contributed by atoms with E-state index in [9.17, 15) is 4.79 Å². The van der Waals surface area contributed by atoms with Crippen molar-refractivity contribution in [2.24, 2.45) is 5.41 Å². The summed E-state index contributed by atoms with van der Waals surface area (Å²) in [6.07, 6.45) is 6.83. The summed E-state index contributed by atoms with van der Waals surface area (Å²) in [7, 11) is 0. The summed E-state index contributed by atoms with van der Waals surface area (Å²) >= 11 is 0. The van der Waals surface area contributed by atoms with Crippen molar-refractivity contribution in [3.63, 3.8) is 0 Å². The maximum absolute atomic E-state index is 12.5. The van der Waals surface area contributed by atoms with Crippen molar-refractivity contribution < 1.29 is 4.79 Å². The number of hydrogen-bond donors (Lipinski definition) is 1. The third-order valence-electron chi connectivity index (χ3n) is 4.11. The number of amides is 1. The van der Waals surface area contributed by atoms with Crippen LogP contribution in [-0.4, -0.2) is 36.0 Å². The normalized spacial score (nSPS) is 29.6. The molecule has 3 heteroatoms. The third-order valence-corrected chi connectivity index (χ3v) is 4.11. The summed E-state index contributed by atoms with van der Waals surface area (Å²) in [5.41, 5.74) is 0.0994. The Hall–Kier alpha value is -0.570. The lowest BCUT2D eigenvalue weighted by Gasteiger charge is -2.40.